The lowest BCUT2D eigenvalue weighted by molar-refractivity contribution is 0.152. The third-order valence-corrected chi connectivity index (χ3v) is 5.35. The van der Waals surface area contributed by atoms with Crippen LogP contribution in [0.25, 0.3) is 0 Å². The number of rotatable bonds is 6. The lowest BCUT2D eigenvalue weighted by Crippen LogP contribution is -2.28. The summed E-state index contributed by atoms with van der Waals surface area (Å²) in [7, 11) is 1.55. The number of carbonyl (C=O) groups excluding carboxylic acids is 1. The van der Waals surface area contributed by atoms with Crippen LogP contribution in [0.3, 0.4) is 0 Å². The second kappa shape index (κ2) is 5.51. The van der Waals surface area contributed by atoms with E-state index in [0.29, 0.717) is 5.92 Å². The van der Waals surface area contributed by atoms with Crippen molar-refractivity contribution in [2.24, 2.45) is 17.0 Å². The highest BCUT2D eigenvalue weighted by Crippen LogP contribution is 2.50. The van der Waals surface area contributed by atoms with Gasteiger partial charge < -0.3 is 5.32 Å². The number of nitrogens with zero attached hydrogens (tertiary/aromatic N) is 1. The Balaban J connectivity index is 1.99. The van der Waals surface area contributed by atoms with E-state index in [2.05, 4.69) is 23.7 Å². The molecular formula is C13H22N2O2S. The molecule has 2 aliphatic carbocycles. The summed E-state index contributed by atoms with van der Waals surface area (Å²) in [6, 6.07) is 0. The summed E-state index contributed by atoms with van der Waals surface area (Å²) in [5, 5.41) is 6.51. The van der Waals surface area contributed by atoms with Crippen molar-refractivity contribution in [3.63, 3.8) is 0 Å². The molecule has 102 valence electrons. The summed E-state index contributed by atoms with van der Waals surface area (Å²) in [6.07, 6.45) is 7.65. The maximum absolute atomic E-state index is 11.1. The van der Waals surface area contributed by atoms with E-state index in [4.69, 9.17) is 4.84 Å². The van der Waals surface area contributed by atoms with Gasteiger partial charge in [-0.25, -0.2) is 4.79 Å². The molecule has 0 aliphatic heterocycles. The molecule has 0 aromatic carbocycles. The van der Waals surface area contributed by atoms with Gasteiger partial charge in [-0.3, -0.25) is 4.84 Å². The second-order valence-electron chi connectivity index (χ2n) is 5.45. The van der Waals surface area contributed by atoms with Gasteiger partial charge in [0.05, 0.1) is 5.71 Å². The Morgan fingerprint density at radius 1 is 1.44 bits per heavy atom. The average Bonchev–Trinajstić information content (AvgIpc) is 3.22. The predicted octanol–water partition coefficient (Wildman–Crippen LogP) is 3.03. The molecule has 2 aliphatic rings. The van der Waals surface area contributed by atoms with Crippen molar-refractivity contribution in [1.29, 1.82) is 0 Å². The molecule has 0 saturated heterocycles. The molecule has 2 rings (SSSR count). The maximum Gasteiger partial charge on any atom is 0.433 e. The molecule has 0 aromatic rings. The standard InChI is InChI=1S/C13H22N2O2S/c1-13(18-3,10-6-7-10)8-11(9-4-5-9)15-17-12(16)14-2/h9-10H,4-8H2,1-3H3,(H,14,16)/b15-11+/t13-/m0/s1. The normalized spacial score (nSPS) is 23.4. The summed E-state index contributed by atoms with van der Waals surface area (Å²) in [5.74, 6) is 1.34. The van der Waals surface area contributed by atoms with Crippen LogP contribution in [0.1, 0.15) is 39.0 Å². The van der Waals surface area contributed by atoms with Crippen molar-refractivity contribution in [3.8, 4) is 0 Å². The number of nitrogens with one attached hydrogen (secondary N) is 1. The molecule has 0 spiro atoms. The molecular weight excluding hydrogens is 248 g/mol. The smallest absolute Gasteiger partial charge is 0.323 e. The van der Waals surface area contributed by atoms with Crippen LogP contribution in [0.15, 0.2) is 5.16 Å². The topological polar surface area (TPSA) is 50.7 Å². The fraction of sp³-hybridized carbons (Fsp3) is 0.846. The number of hydrogen-bond acceptors (Lipinski definition) is 4. The molecule has 1 atom stereocenters. The molecule has 2 saturated carbocycles. The average molecular weight is 270 g/mol. The van der Waals surface area contributed by atoms with Crippen LogP contribution in [-0.4, -0.2) is 29.9 Å². The third kappa shape index (κ3) is 3.40. The van der Waals surface area contributed by atoms with E-state index in [0.717, 1.165) is 18.1 Å². The zero-order valence-electron chi connectivity index (χ0n) is 11.4. The van der Waals surface area contributed by atoms with Gasteiger partial charge in [-0.15, -0.1) is 0 Å². The molecule has 4 nitrogen and oxygen atoms in total. The van der Waals surface area contributed by atoms with Crippen LogP contribution >= 0.6 is 11.8 Å². The predicted molar refractivity (Wildman–Crippen MR) is 75.0 cm³/mol. The van der Waals surface area contributed by atoms with Gasteiger partial charge in [0.15, 0.2) is 0 Å². The first kappa shape index (κ1) is 13.7. The Morgan fingerprint density at radius 2 is 2.11 bits per heavy atom. The van der Waals surface area contributed by atoms with Crippen molar-refractivity contribution >= 4 is 23.6 Å². The number of amides is 1. The van der Waals surface area contributed by atoms with E-state index in [1.807, 2.05) is 11.8 Å². The number of carbonyl (C=O) groups is 1. The number of oxime groups is 1. The minimum atomic E-state index is -0.481. The van der Waals surface area contributed by atoms with Crippen LogP contribution < -0.4 is 5.32 Å². The van der Waals surface area contributed by atoms with Crippen LogP contribution in [-0.2, 0) is 4.84 Å². The molecule has 18 heavy (non-hydrogen) atoms. The van der Waals surface area contributed by atoms with E-state index < -0.39 is 6.09 Å². The van der Waals surface area contributed by atoms with Gasteiger partial charge in [-0.1, -0.05) is 5.16 Å². The van der Waals surface area contributed by atoms with Crippen LogP contribution in [0, 0.1) is 11.8 Å². The minimum Gasteiger partial charge on any atom is -0.323 e. The molecule has 0 unspecified atom stereocenters. The maximum atomic E-state index is 11.1. The van der Waals surface area contributed by atoms with E-state index in [9.17, 15) is 4.79 Å². The highest BCUT2D eigenvalue weighted by atomic mass is 32.2. The Labute approximate surface area is 113 Å². The summed E-state index contributed by atoms with van der Waals surface area (Å²) in [5.41, 5.74) is 1.07. The van der Waals surface area contributed by atoms with Crippen LogP contribution in [0.4, 0.5) is 4.79 Å². The molecule has 2 fully saturated rings. The molecule has 0 aromatic heterocycles. The highest BCUT2D eigenvalue weighted by molar-refractivity contribution is 8.00. The Morgan fingerprint density at radius 3 is 2.56 bits per heavy atom. The molecule has 1 amide bonds. The fourth-order valence-electron chi connectivity index (χ4n) is 2.25. The monoisotopic (exact) mass is 270 g/mol. The number of thioether (sulfide) groups is 1. The van der Waals surface area contributed by atoms with Gasteiger partial charge >= 0.3 is 6.09 Å². The zero-order valence-corrected chi connectivity index (χ0v) is 12.2. The summed E-state index contributed by atoms with van der Waals surface area (Å²) < 4.78 is 0.257. The van der Waals surface area contributed by atoms with E-state index in [1.165, 1.54) is 25.7 Å². The largest absolute Gasteiger partial charge is 0.433 e. The van der Waals surface area contributed by atoms with Gasteiger partial charge in [0.25, 0.3) is 0 Å². The summed E-state index contributed by atoms with van der Waals surface area (Å²) in [4.78, 5) is 16.0. The lowest BCUT2D eigenvalue weighted by Gasteiger charge is -2.28. The van der Waals surface area contributed by atoms with Gasteiger partial charge in [0, 0.05) is 24.1 Å². The Kier molecular flexibility index (Phi) is 4.20. The quantitative estimate of drug-likeness (QED) is 0.458. The van der Waals surface area contributed by atoms with Gasteiger partial charge in [0.1, 0.15) is 0 Å². The van der Waals surface area contributed by atoms with Gasteiger partial charge in [0.2, 0.25) is 0 Å². The van der Waals surface area contributed by atoms with E-state index >= 15 is 0 Å². The van der Waals surface area contributed by atoms with Crippen molar-refractivity contribution in [2.45, 2.75) is 43.8 Å². The minimum absolute atomic E-state index is 0.257. The van der Waals surface area contributed by atoms with Gasteiger partial charge in [-0.2, -0.15) is 11.8 Å². The first-order chi connectivity index (χ1) is 8.59. The SMILES string of the molecule is CNC(=O)O/N=C(\C[C@](C)(SC)C1CC1)C1CC1. The first-order valence-corrected chi connectivity index (χ1v) is 7.82. The Bertz CT molecular complexity index is 351. The van der Waals surface area contributed by atoms with Crippen molar-refractivity contribution < 1.29 is 9.63 Å². The van der Waals surface area contributed by atoms with Crippen molar-refractivity contribution in [2.75, 3.05) is 13.3 Å². The molecule has 1 N–H and O–H groups in total. The van der Waals surface area contributed by atoms with Crippen molar-refractivity contribution in [1.82, 2.24) is 5.32 Å². The van der Waals surface area contributed by atoms with Crippen LogP contribution in [0.2, 0.25) is 0 Å². The lowest BCUT2D eigenvalue weighted by atomic mass is 9.96. The van der Waals surface area contributed by atoms with Crippen molar-refractivity contribution in [3.05, 3.63) is 0 Å². The Hall–Kier alpha value is -0.710. The molecule has 0 bridgehead atoms. The molecule has 5 heteroatoms. The fourth-order valence-corrected chi connectivity index (χ4v) is 3.11. The second-order valence-corrected chi connectivity index (χ2v) is 6.79. The number of hydrogen-bond donors (Lipinski definition) is 1. The molecule has 0 heterocycles. The summed E-state index contributed by atoms with van der Waals surface area (Å²) >= 11 is 1.92. The zero-order chi connectivity index (χ0) is 13.2. The third-order valence-electron chi connectivity index (χ3n) is 3.94. The first-order valence-electron chi connectivity index (χ1n) is 6.59. The van der Waals surface area contributed by atoms with Crippen LogP contribution in [0.5, 0.6) is 0 Å². The molecule has 0 radical (unpaired) electrons. The van der Waals surface area contributed by atoms with E-state index in [-0.39, 0.29) is 4.75 Å². The summed E-state index contributed by atoms with van der Waals surface area (Å²) in [6.45, 7) is 2.31. The van der Waals surface area contributed by atoms with E-state index in [1.54, 1.807) is 7.05 Å². The highest BCUT2D eigenvalue weighted by Gasteiger charge is 2.44. The van der Waals surface area contributed by atoms with Gasteiger partial charge in [-0.05, 0) is 44.8 Å².